The zero-order chi connectivity index (χ0) is 17.9. The summed E-state index contributed by atoms with van der Waals surface area (Å²) in [6.45, 7) is 0.697. The Bertz CT molecular complexity index is 963. The Kier molecular flexibility index (Phi) is 5.43. The first-order chi connectivity index (χ1) is 12.8. The van der Waals surface area contributed by atoms with Gasteiger partial charge in [0, 0.05) is 17.2 Å². The lowest BCUT2D eigenvalue weighted by atomic mass is 9.97. The predicted molar refractivity (Wildman–Crippen MR) is 108 cm³/mol. The first-order valence-corrected chi connectivity index (χ1v) is 10.9. The topological polar surface area (TPSA) is 55.1 Å². The number of hydrogen-bond donors (Lipinski definition) is 1. The molecule has 1 aliphatic carbocycles. The molecule has 0 bridgehead atoms. The summed E-state index contributed by atoms with van der Waals surface area (Å²) >= 11 is 3.15. The van der Waals surface area contributed by atoms with Gasteiger partial charge in [-0.25, -0.2) is 4.98 Å². The molecule has 1 aliphatic rings. The Morgan fingerprint density at radius 1 is 1.19 bits per heavy atom. The van der Waals surface area contributed by atoms with Crippen molar-refractivity contribution in [1.29, 1.82) is 0 Å². The van der Waals surface area contributed by atoms with Crippen LogP contribution in [0.5, 0.6) is 0 Å². The summed E-state index contributed by atoms with van der Waals surface area (Å²) in [7, 11) is 0. The third-order valence-electron chi connectivity index (χ3n) is 4.83. The van der Waals surface area contributed by atoms with Gasteiger partial charge in [0.25, 0.3) is 5.56 Å². The molecule has 0 saturated carbocycles. The Morgan fingerprint density at radius 3 is 2.81 bits per heavy atom. The molecule has 0 aliphatic heterocycles. The fourth-order valence-electron chi connectivity index (χ4n) is 3.55. The molecule has 0 radical (unpaired) electrons. The van der Waals surface area contributed by atoms with Gasteiger partial charge in [0.2, 0.25) is 0 Å². The number of nitrogens with zero attached hydrogens (tertiary/aromatic N) is 2. The molecule has 3 aromatic rings. The molecule has 0 unspecified atom stereocenters. The van der Waals surface area contributed by atoms with E-state index in [1.54, 1.807) is 11.3 Å². The van der Waals surface area contributed by atoms with Gasteiger partial charge in [-0.15, -0.1) is 11.3 Å². The van der Waals surface area contributed by atoms with Crippen LogP contribution in [0.15, 0.2) is 40.3 Å². The monoisotopic (exact) mass is 386 g/mol. The van der Waals surface area contributed by atoms with Crippen molar-refractivity contribution < 1.29 is 5.11 Å². The van der Waals surface area contributed by atoms with Crippen LogP contribution in [-0.4, -0.2) is 27.0 Å². The van der Waals surface area contributed by atoms with Crippen LogP contribution in [-0.2, 0) is 25.8 Å². The van der Waals surface area contributed by atoms with Crippen molar-refractivity contribution in [2.75, 3.05) is 12.4 Å². The minimum absolute atomic E-state index is 0.0815. The second-order valence-corrected chi connectivity index (χ2v) is 8.70. The molecule has 2 aromatic heterocycles. The summed E-state index contributed by atoms with van der Waals surface area (Å²) in [6.07, 6.45) is 5.22. The minimum Gasteiger partial charge on any atom is -0.396 e. The molecule has 4 nitrogen and oxygen atoms in total. The maximum atomic E-state index is 13.3. The van der Waals surface area contributed by atoms with E-state index in [1.807, 2.05) is 22.8 Å². The first kappa shape index (κ1) is 17.8. The van der Waals surface area contributed by atoms with Crippen LogP contribution >= 0.6 is 23.1 Å². The van der Waals surface area contributed by atoms with Gasteiger partial charge in [0.15, 0.2) is 5.16 Å². The van der Waals surface area contributed by atoms with Crippen LogP contribution in [0.3, 0.4) is 0 Å². The summed E-state index contributed by atoms with van der Waals surface area (Å²) in [5.74, 6) is 0.550. The van der Waals surface area contributed by atoms with E-state index in [0.717, 1.165) is 41.1 Å². The van der Waals surface area contributed by atoms with Crippen molar-refractivity contribution in [2.45, 2.75) is 43.8 Å². The number of aliphatic hydroxyl groups is 1. The van der Waals surface area contributed by atoms with Gasteiger partial charge in [0.05, 0.1) is 12.0 Å². The molecule has 26 heavy (non-hydrogen) atoms. The molecule has 0 amide bonds. The fourth-order valence-corrected chi connectivity index (χ4v) is 5.62. The minimum atomic E-state index is 0.0815. The smallest absolute Gasteiger partial charge is 0.263 e. The molecule has 0 fully saturated rings. The van der Waals surface area contributed by atoms with Crippen LogP contribution in [0, 0.1) is 0 Å². The van der Waals surface area contributed by atoms with Crippen molar-refractivity contribution in [2.24, 2.45) is 0 Å². The molecule has 136 valence electrons. The van der Waals surface area contributed by atoms with Crippen molar-refractivity contribution >= 4 is 33.3 Å². The Hall–Kier alpha value is -1.63. The van der Waals surface area contributed by atoms with Crippen LogP contribution in [0.25, 0.3) is 10.2 Å². The number of aryl methyl sites for hydroxylation is 3. The van der Waals surface area contributed by atoms with Gasteiger partial charge in [0.1, 0.15) is 4.83 Å². The lowest BCUT2D eigenvalue weighted by Crippen LogP contribution is -2.25. The van der Waals surface area contributed by atoms with E-state index >= 15 is 0 Å². The quantitative estimate of drug-likeness (QED) is 0.519. The van der Waals surface area contributed by atoms with Crippen LogP contribution < -0.4 is 5.56 Å². The number of rotatable bonds is 6. The molecule has 0 saturated heterocycles. The summed E-state index contributed by atoms with van der Waals surface area (Å²) in [6, 6.07) is 10.2. The second-order valence-electron chi connectivity index (χ2n) is 6.55. The van der Waals surface area contributed by atoms with Gasteiger partial charge in [-0.2, -0.15) is 0 Å². The molecule has 6 heteroatoms. The van der Waals surface area contributed by atoms with Crippen LogP contribution in [0.2, 0.25) is 0 Å². The van der Waals surface area contributed by atoms with E-state index in [1.165, 1.54) is 34.2 Å². The largest absolute Gasteiger partial charge is 0.396 e. The number of benzene rings is 1. The summed E-state index contributed by atoms with van der Waals surface area (Å²) < 4.78 is 1.82. The van der Waals surface area contributed by atoms with Gasteiger partial charge in [-0.1, -0.05) is 42.1 Å². The van der Waals surface area contributed by atoms with Gasteiger partial charge in [-0.3, -0.25) is 9.36 Å². The zero-order valence-corrected chi connectivity index (χ0v) is 16.2. The molecule has 0 spiro atoms. The highest BCUT2D eigenvalue weighted by molar-refractivity contribution is 7.99. The Morgan fingerprint density at radius 2 is 2.00 bits per heavy atom. The standard InChI is InChI=1S/C20H22N2O2S2/c23-12-13-25-20-21-18-17(15-8-4-5-9-16(15)26-18)19(24)22(20)11-10-14-6-2-1-3-7-14/h1-3,6-7,23H,4-5,8-13H2. The summed E-state index contributed by atoms with van der Waals surface area (Å²) in [4.78, 5) is 20.4. The third kappa shape index (κ3) is 3.46. The second kappa shape index (κ2) is 7.94. The molecule has 1 aromatic carbocycles. The van der Waals surface area contributed by atoms with Gasteiger partial charge < -0.3 is 5.11 Å². The van der Waals surface area contributed by atoms with E-state index in [0.29, 0.717) is 12.3 Å². The van der Waals surface area contributed by atoms with Crippen molar-refractivity contribution in [3.8, 4) is 0 Å². The number of fused-ring (bicyclic) bond motifs is 3. The number of hydrogen-bond acceptors (Lipinski definition) is 5. The molecule has 0 atom stereocenters. The Labute approximate surface area is 160 Å². The highest BCUT2D eigenvalue weighted by atomic mass is 32.2. The van der Waals surface area contributed by atoms with E-state index < -0.39 is 0 Å². The maximum absolute atomic E-state index is 13.3. The zero-order valence-electron chi connectivity index (χ0n) is 14.6. The van der Waals surface area contributed by atoms with Gasteiger partial charge >= 0.3 is 0 Å². The molecular weight excluding hydrogens is 364 g/mol. The van der Waals surface area contributed by atoms with E-state index in [4.69, 9.17) is 4.98 Å². The van der Waals surface area contributed by atoms with Crippen LogP contribution in [0.1, 0.15) is 28.8 Å². The molecule has 2 heterocycles. The van der Waals surface area contributed by atoms with Gasteiger partial charge in [-0.05, 0) is 43.2 Å². The summed E-state index contributed by atoms with van der Waals surface area (Å²) in [5, 5.41) is 10.8. The highest BCUT2D eigenvalue weighted by Gasteiger charge is 2.22. The van der Waals surface area contributed by atoms with Crippen LogP contribution in [0.4, 0.5) is 0 Å². The highest BCUT2D eigenvalue weighted by Crippen LogP contribution is 2.34. The van der Waals surface area contributed by atoms with Crippen molar-refractivity contribution in [1.82, 2.24) is 9.55 Å². The fraction of sp³-hybridized carbons (Fsp3) is 0.400. The lowest BCUT2D eigenvalue weighted by Gasteiger charge is -2.13. The van der Waals surface area contributed by atoms with E-state index in [-0.39, 0.29) is 12.2 Å². The first-order valence-electron chi connectivity index (χ1n) is 9.10. The van der Waals surface area contributed by atoms with Crippen molar-refractivity contribution in [3.05, 3.63) is 56.7 Å². The van der Waals surface area contributed by atoms with E-state index in [9.17, 15) is 9.90 Å². The molecule has 4 rings (SSSR count). The summed E-state index contributed by atoms with van der Waals surface area (Å²) in [5.41, 5.74) is 2.54. The number of aromatic nitrogens is 2. The van der Waals surface area contributed by atoms with E-state index in [2.05, 4.69) is 12.1 Å². The number of aliphatic hydroxyl groups excluding tert-OH is 1. The normalized spacial score (nSPS) is 13.9. The van der Waals surface area contributed by atoms with Crippen molar-refractivity contribution in [3.63, 3.8) is 0 Å². The number of thioether (sulfide) groups is 1. The average molecular weight is 387 g/mol. The number of thiophene rings is 1. The predicted octanol–water partition coefficient (Wildman–Crippen LogP) is 3.66. The SMILES string of the molecule is O=c1c2c3c(sc2nc(SCCO)n1CCc1ccccc1)CCCC3. The maximum Gasteiger partial charge on any atom is 0.263 e. The third-order valence-corrected chi connectivity index (χ3v) is 6.97. The Balaban J connectivity index is 1.77. The average Bonchev–Trinajstić information content (AvgIpc) is 3.05. The molecule has 1 N–H and O–H groups in total. The lowest BCUT2D eigenvalue weighted by molar-refractivity contribution is 0.322. The molecular formula is C20H22N2O2S2.